The first kappa shape index (κ1) is 5.97. The number of aliphatic carboxylic acids is 1. The van der Waals surface area contributed by atoms with Crippen LogP contribution in [0.5, 0.6) is 0 Å². The molecule has 0 saturated carbocycles. The van der Waals surface area contributed by atoms with Crippen molar-refractivity contribution in [3.05, 3.63) is 12.3 Å². The van der Waals surface area contributed by atoms with Crippen LogP contribution in [0.2, 0.25) is 0 Å². The highest BCUT2D eigenvalue weighted by atomic mass is 16.4. The van der Waals surface area contributed by atoms with E-state index in [0.29, 0.717) is 0 Å². The van der Waals surface area contributed by atoms with E-state index in [1.807, 2.05) is 5.43 Å². The van der Waals surface area contributed by atoms with Gasteiger partial charge in [0.15, 0.2) is 0 Å². The summed E-state index contributed by atoms with van der Waals surface area (Å²) in [6.45, 7) is 0. The summed E-state index contributed by atoms with van der Waals surface area (Å²) in [5.74, 6) is 3.66. The molecule has 0 fully saturated rings. The lowest BCUT2D eigenvalue weighted by molar-refractivity contribution is -0.131. The Labute approximate surface area is 40.6 Å². The van der Waals surface area contributed by atoms with Gasteiger partial charge in [0, 0.05) is 12.3 Å². The quantitative estimate of drug-likeness (QED) is 0.238. The van der Waals surface area contributed by atoms with Gasteiger partial charge in [-0.05, 0) is 0 Å². The Morgan fingerprint density at radius 2 is 2.43 bits per heavy atom. The molecule has 0 aliphatic rings. The predicted octanol–water partition coefficient (Wildman–Crippen LogP) is -0.952. The van der Waals surface area contributed by atoms with Gasteiger partial charge in [0.05, 0.1) is 0 Å². The second-order valence-electron chi connectivity index (χ2n) is 0.838. The van der Waals surface area contributed by atoms with Crippen molar-refractivity contribution in [2.75, 3.05) is 0 Å². The van der Waals surface area contributed by atoms with Gasteiger partial charge in [0.1, 0.15) is 0 Å². The largest absolute Gasteiger partial charge is 0.478 e. The SMILES string of the molecule is NN/C=C/C(=O)O. The van der Waals surface area contributed by atoms with Gasteiger partial charge in [0.25, 0.3) is 0 Å². The summed E-state index contributed by atoms with van der Waals surface area (Å²) in [5, 5.41) is 7.86. The lowest BCUT2D eigenvalue weighted by atomic mass is 10.6. The molecule has 4 N–H and O–H groups in total. The summed E-state index contributed by atoms with van der Waals surface area (Å²) in [7, 11) is 0. The molecule has 0 bridgehead atoms. The maximum Gasteiger partial charge on any atom is 0.329 e. The number of nitrogens with two attached hydrogens (primary N) is 1. The fourth-order valence-corrected chi connectivity index (χ4v) is 0.119. The summed E-state index contributed by atoms with van der Waals surface area (Å²) in [6, 6.07) is 0. The van der Waals surface area contributed by atoms with Crippen molar-refractivity contribution in [3.63, 3.8) is 0 Å². The number of carboxylic acids is 1. The van der Waals surface area contributed by atoms with Crippen molar-refractivity contribution in [3.8, 4) is 0 Å². The minimum atomic E-state index is -1.02. The molecule has 7 heavy (non-hydrogen) atoms. The number of hydrazine groups is 1. The molecule has 0 aliphatic heterocycles. The molecule has 0 heterocycles. The molecule has 0 saturated heterocycles. The van der Waals surface area contributed by atoms with Crippen molar-refractivity contribution < 1.29 is 9.90 Å². The third-order valence-electron chi connectivity index (χ3n) is 0.322. The number of carbonyl (C=O) groups is 1. The van der Waals surface area contributed by atoms with Crippen LogP contribution in [-0.2, 0) is 4.79 Å². The lowest BCUT2D eigenvalue weighted by Crippen LogP contribution is -2.13. The summed E-state index contributed by atoms with van der Waals surface area (Å²) in [5.41, 5.74) is 2.04. The first-order valence-corrected chi connectivity index (χ1v) is 1.63. The second-order valence-corrected chi connectivity index (χ2v) is 0.838. The van der Waals surface area contributed by atoms with Crippen LogP contribution in [0.4, 0.5) is 0 Å². The fourth-order valence-electron chi connectivity index (χ4n) is 0.119. The Hall–Kier alpha value is -1.03. The van der Waals surface area contributed by atoms with Crippen molar-refractivity contribution in [2.45, 2.75) is 0 Å². The Balaban J connectivity index is 3.26. The minimum absolute atomic E-state index is 0.903. The van der Waals surface area contributed by atoms with E-state index in [4.69, 9.17) is 5.11 Å². The first-order chi connectivity index (χ1) is 3.27. The topological polar surface area (TPSA) is 75.3 Å². The first-order valence-electron chi connectivity index (χ1n) is 1.63. The van der Waals surface area contributed by atoms with E-state index in [9.17, 15) is 4.79 Å². The molecule has 4 heteroatoms. The standard InChI is InChI=1S/C3H6N2O2/c4-5-2-1-3(6)7/h1-2,5H,4H2,(H,6,7)/b2-1+. The molecule has 0 aromatic rings. The van der Waals surface area contributed by atoms with Gasteiger partial charge >= 0.3 is 5.97 Å². The zero-order chi connectivity index (χ0) is 5.70. The van der Waals surface area contributed by atoms with E-state index >= 15 is 0 Å². The summed E-state index contributed by atoms with van der Waals surface area (Å²) in [4.78, 5) is 9.58. The van der Waals surface area contributed by atoms with Gasteiger partial charge in [-0.2, -0.15) is 0 Å². The van der Waals surface area contributed by atoms with Gasteiger partial charge in [0.2, 0.25) is 0 Å². The van der Waals surface area contributed by atoms with Crippen LogP contribution in [0.1, 0.15) is 0 Å². The van der Waals surface area contributed by atoms with Crippen LogP contribution < -0.4 is 11.3 Å². The summed E-state index contributed by atoms with van der Waals surface area (Å²) >= 11 is 0. The van der Waals surface area contributed by atoms with E-state index < -0.39 is 5.97 Å². The maximum atomic E-state index is 9.58. The Kier molecular flexibility index (Phi) is 2.70. The second kappa shape index (κ2) is 3.17. The summed E-state index contributed by atoms with van der Waals surface area (Å²) in [6.07, 6.45) is 2.03. The highest BCUT2D eigenvalue weighted by Crippen LogP contribution is 1.61. The van der Waals surface area contributed by atoms with Gasteiger partial charge < -0.3 is 10.5 Å². The number of nitrogens with one attached hydrogen (secondary N) is 1. The predicted molar refractivity (Wildman–Crippen MR) is 24.1 cm³/mol. The zero-order valence-corrected chi connectivity index (χ0v) is 3.59. The van der Waals surface area contributed by atoms with Crippen molar-refractivity contribution in [1.29, 1.82) is 0 Å². The Morgan fingerprint density at radius 3 is 2.57 bits per heavy atom. The fraction of sp³-hybridized carbons (Fsp3) is 0. The lowest BCUT2D eigenvalue weighted by Gasteiger charge is -1.79. The van der Waals surface area contributed by atoms with Gasteiger partial charge in [-0.15, -0.1) is 0 Å². The van der Waals surface area contributed by atoms with E-state index in [1.165, 1.54) is 0 Å². The van der Waals surface area contributed by atoms with Gasteiger partial charge in [-0.1, -0.05) is 0 Å². The molecule has 0 amide bonds. The third-order valence-corrected chi connectivity index (χ3v) is 0.322. The average molecular weight is 102 g/mol. The average Bonchev–Trinajstić information content (AvgIpc) is 1.61. The maximum absolute atomic E-state index is 9.58. The highest BCUT2D eigenvalue weighted by Gasteiger charge is 1.79. The number of hydrogen-bond acceptors (Lipinski definition) is 3. The van der Waals surface area contributed by atoms with Crippen LogP contribution in [-0.4, -0.2) is 11.1 Å². The molecule has 0 rings (SSSR count). The third kappa shape index (κ3) is 4.97. The monoisotopic (exact) mass is 102 g/mol. The van der Waals surface area contributed by atoms with E-state index in [0.717, 1.165) is 12.3 Å². The molecule has 0 aromatic carbocycles. The number of hydrogen-bond donors (Lipinski definition) is 3. The van der Waals surface area contributed by atoms with E-state index in [1.54, 1.807) is 0 Å². The molecular formula is C3H6N2O2. The minimum Gasteiger partial charge on any atom is -0.478 e. The van der Waals surface area contributed by atoms with Crippen LogP contribution in [0.3, 0.4) is 0 Å². The molecule has 0 aliphatic carbocycles. The van der Waals surface area contributed by atoms with Gasteiger partial charge in [-0.3, -0.25) is 5.84 Å². The van der Waals surface area contributed by atoms with Crippen molar-refractivity contribution in [2.24, 2.45) is 5.84 Å². The summed E-state index contributed by atoms with van der Waals surface area (Å²) < 4.78 is 0. The highest BCUT2D eigenvalue weighted by molar-refractivity contribution is 5.79. The van der Waals surface area contributed by atoms with E-state index in [-0.39, 0.29) is 0 Å². The van der Waals surface area contributed by atoms with Crippen molar-refractivity contribution in [1.82, 2.24) is 5.43 Å². The molecule has 0 atom stereocenters. The molecule has 0 aromatic heterocycles. The van der Waals surface area contributed by atoms with Crippen LogP contribution in [0, 0.1) is 0 Å². The number of rotatable bonds is 2. The number of carboxylic acid groups (broad SMARTS) is 1. The molecule has 0 spiro atoms. The van der Waals surface area contributed by atoms with Gasteiger partial charge in [-0.25, -0.2) is 4.79 Å². The Morgan fingerprint density at radius 1 is 1.86 bits per heavy atom. The smallest absolute Gasteiger partial charge is 0.329 e. The normalized spacial score (nSPS) is 9.29. The van der Waals surface area contributed by atoms with Crippen LogP contribution in [0.15, 0.2) is 12.3 Å². The molecule has 0 unspecified atom stereocenters. The molecule has 0 radical (unpaired) electrons. The molecule has 4 nitrogen and oxygen atoms in total. The van der Waals surface area contributed by atoms with Crippen LogP contribution in [0.25, 0.3) is 0 Å². The van der Waals surface area contributed by atoms with Crippen LogP contribution >= 0.6 is 0 Å². The van der Waals surface area contributed by atoms with Crippen molar-refractivity contribution >= 4 is 5.97 Å². The van der Waals surface area contributed by atoms with E-state index in [2.05, 4.69) is 5.84 Å². The zero-order valence-electron chi connectivity index (χ0n) is 3.59. The molecular weight excluding hydrogens is 96.0 g/mol. The Bertz CT molecular complexity index is 88.9. The molecule has 40 valence electrons.